The molecule has 0 saturated heterocycles. The van der Waals surface area contributed by atoms with Gasteiger partial charge in [0.2, 0.25) is 5.88 Å². The average molecular weight is 354 g/mol. The smallest absolute Gasteiger partial charge is 0.233 e. The fourth-order valence-corrected chi connectivity index (χ4v) is 3.17. The maximum atomic E-state index is 13.2. The Kier molecular flexibility index (Phi) is 4.51. The van der Waals surface area contributed by atoms with Crippen LogP contribution in [0.4, 0.5) is 4.39 Å². The average Bonchev–Trinajstić information content (AvgIpc) is 3.19. The molecule has 0 bridgehead atoms. The number of aromatic nitrogens is 4. The number of rotatable bonds is 4. The zero-order chi connectivity index (χ0) is 17.9. The number of aromatic amines is 1. The number of phenols is 1. The zero-order valence-electron chi connectivity index (χ0n) is 14.1. The van der Waals surface area contributed by atoms with Gasteiger partial charge in [-0.05, 0) is 49.4 Å². The molecule has 134 valence electrons. The van der Waals surface area contributed by atoms with Crippen molar-refractivity contribution in [1.82, 2.24) is 20.4 Å². The van der Waals surface area contributed by atoms with Gasteiger partial charge in [-0.15, -0.1) is 10.2 Å². The van der Waals surface area contributed by atoms with Crippen molar-refractivity contribution in [1.29, 1.82) is 0 Å². The van der Waals surface area contributed by atoms with Crippen LogP contribution in [0.5, 0.6) is 11.6 Å². The van der Waals surface area contributed by atoms with Crippen LogP contribution in [0.2, 0.25) is 0 Å². The molecule has 1 aliphatic rings. The van der Waals surface area contributed by atoms with E-state index in [2.05, 4.69) is 20.4 Å². The zero-order valence-corrected chi connectivity index (χ0v) is 14.1. The van der Waals surface area contributed by atoms with E-state index >= 15 is 0 Å². The number of halogens is 1. The van der Waals surface area contributed by atoms with Gasteiger partial charge in [-0.25, -0.2) is 4.39 Å². The summed E-state index contributed by atoms with van der Waals surface area (Å²) < 4.78 is 19.0. The SMILES string of the molecule is Oc1cc(-c2cn[nH]c2)ccc1-c1ccc(OC2CCC(F)CC2)nn1. The Bertz CT molecular complexity index is 860. The molecule has 0 unspecified atom stereocenters. The van der Waals surface area contributed by atoms with E-state index in [1.54, 1.807) is 36.7 Å². The van der Waals surface area contributed by atoms with Gasteiger partial charge in [0, 0.05) is 23.4 Å². The molecule has 0 amide bonds. The molecule has 0 atom stereocenters. The first-order valence-electron chi connectivity index (χ1n) is 8.66. The van der Waals surface area contributed by atoms with Gasteiger partial charge in [0.1, 0.15) is 18.0 Å². The van der Waals surface area contributed by atoms with Gasteiger partial charge in [0.15, 0.2) is 0 Å². The number of hydrogen-bond acceptors (Lipinski definition) is 5. The second-order valence-electron chi connectivity index (χ2n) is 6.47. The van der Waals surface area contributed by atoms with Gasteiger partial charge in [0.05, 0.1) is 11.9 Å². The molecule has 2 heterocycles. The topological polar surface area (TPSA) is 83.9 Å². The van der Waals surface area contributed by atoms with Crippen LogP contribution in [0, 0.1) is 0 Å². The monoisotopic (exact) mass is 354 g/mol. The number of nitrogens with zero attached hydrogens (tertiary/aromatic N) is 3. The van der Waals surface area contributed by atoms with E-state index < -0.39 is 6.17 Å². The summed E-state index contributed by atoms with van der Waals surface area (Å²) in [4.78, 5) is 0. The van der Waals surface area contributed by atoms with Crippen LogP contribution in [0.3, 0.4) is 0 Å². The van der Waals surface area contributed by atoms with Crippen molar-refractivity contribution in [2.75, 3.05) is 0 Å². The number of ether oxygens (including phenoxy) is 1. The van der Waals surface area contributed by atoms with E-state index in [0.29, 0.717) is 42.8 Å². The highest BCUT2D eigenvalue weighted by atomic mass is 19.1. The van der Waals surface area contributed by atoms with E-state index in [9.17, 15) is 9.50 Å². The highest BCUT2D eigenvalue weighted by Gasteiger charge is 2.22. The number of nitrogens with one attached hydrogen (secondary N) is 1. The van der Waals surface area contributed by atoms with Crippen molar-refractivity contribution in [3.05, 3.63) is 42.7 Å². The Morgan fingerprint density at radius 1 is 1.04 bits per heavy atom. The highest BCUT2D eigenvalue weighted by molar-refractivity contribution is 5.73. The summed E-state index contributed by atoms with van der Waals surface area (Å²) in [5, 5.41) is 25.2. The first-order valence-corrected chi connectivity index (χ1v) is 8.66. The molecule has 26 heavy (non-hydrogen) atoms. The van der Waals surface area contributed by atoms with Gasteiger partial charge >= 0.3 is 0 Å². The summed E-state index contributed by atoms with van der Waals surface area (Å²) >= 11 is 0. The number of hydrogen-bond donors (Lipinski definition) is 2. The largest absolute Gasteiger partial charge is 0.507 e. The van der Waals surface area contributed by atoms with Crippen LogP contribution < -0.4 is 4.74 Å². The van der Waals surface area contributed by atoms with Gasteiger partial charge < -0.3 is 9.84 Å². The molecule has 1 aromatic carbocycles. The molecule has 2 N–H and O–H groups in total. The third-order valence-electron chi connectivity index (χ3n) is 4.64. The Balaban J connectivity index is 1.48. The Morgan fingerprint density at radius 2 is 1.88 bits per heavy atom. The fourth-order valence-electron chi connectivity index (χ4n) is 3.17. The van der Waals surface area contributed by atoms with Gasteiger partial charge in [0.25, 0.3) is 0 Å². The normalized spacial score (nSPS) is 20.0. The first kappa shape index (κ1) is 16.5. The minimum Gasteiger partial charge on any atom is -0.507 e. The van der Waals surface area contributed by atoms with Gasteiger partial charge in [-0.3, -0.25) is 5.10 Å². The van der Waals surface area contributed by atoms with E-state index in [4.69, 9.17) is 4.74 Å². The molecule has 1 fully saturated rings. The lowest BCUT2D eigenvalue weighted by molar-refractivity contribution is 0.108. The van der Waals surface area contributed by atoms with E-state index in [1.165, 1.54) is 0 Å². The maximum Gasteiger partial charge on any atom is 0.233 e. The lowest BCUT2D eigenvalue weighted by atomic mass is 9.96. The molecule has 7 heteroatoms. The van der Waals surface area contributed by atoms with Crippen molar-refractivity contribution < 1.29 is 14.2 Å². The van der Waals surface area contributed by atoms with Crippen molar-refractivity contribution in [2.45, 2.75) is 38.0 Å². The molecule has 1 saturated carbocycles. The van der Waals surface area contributed by atoms with E-state index in [-0.39, 0.29) is 11.9 Å². The molecule has 0 spiro atoms. The number of aromatic hydroxyl groups is 1. The molecular formula is C19H19FN4O2. The number of alkyl halides is 1. The van der Waals surface area contributed by atoms with Gasteiger partial charge in [-0.2, -0.15) is 5.10 Å². The maximum absolute atomic E-state index is 13.2. The van der Waals surface area contributed by atoms with Crippen LogP contribution in [0.15, 0.2) is 42.7 Å². The molecule has 4 rings (SSSR count). The van der Waals surface area contributed by atoms with Crippen LogP contribution in [-0.2, 0) is 0 Å². The molecule has 1 aliphatic carbocycles. The molecule has 3 aromatic rings. The summed E-state index contributed by atoms with van der Waals surface area (Å²) in [6, 6.07) is 8.84. The van der Waals surface area contributed by atoms with E-state index in [0.717, 1.165) is 11.1 Å². The molecular weight excluding hydrogens is 335 g/mol. The van der Waals surface area contributed by atoms with Crippen molar-refractivity contribution in [3.8, 4) is 34.0 Å². The van der Waals surface area contributed by atoms with Crippen molar-refractivity contribution in [3.63, 3.8) is 0 Å². The minimum atomic E-state index is -0.712. The highest BCUT2D eigenvalue weighted by Crippen LogP contribution is 2.32. The van der Waals surface area contributed by atoms with Gasteiger partial charge in [-0.1, -0.05) is 6.07 Å². The van der Waals surface area contributed by atoms with Crippen LogP contribution in [0.1, 0.15) is 25.7 Å². The minimum absolute atomic E-state index is 0.00945. The second-order valence-corrected chi connectivity index (χ2v) is 6.47. The third-order valence-corrected chi connectivity index (χ3v) is 4.64. The van der Waals surface area contributed by atoms with Crippen molar-refractivity contribution >= 4 is 0 Å². The predicted octanol–water partition coefficient (Wildman–Crippen LogP) is 3.90. The summed E-state index contributed by atoms with van der Waals surface area (Å²) in [5.41, 5.74) is 2.90. The summed E-state index contributed by atoms with van der Waals surface area (Å²) in [7, 11) is 0. The van der Waals surface area contributed by atoms with Crippen molar-refractivity contribution in [2.24, 2.45) is 0 Å². The quantitative estimate of drug-likeness (QED) is 0.742. The standard InChI is InChI=1S/C19H19FN4O2/c20-14-2-4-15(5-3-14)26-19-8-7-17(23-24-19)16-6-1-12(9-18(16)25)13-10-21-22-11-13/h1,6-11,14-15,25H,2-5H2,(H,21,22). The lowest BCUT2D eigenvalue weighted by Gasteiger charge is -2.24. The second kappa shape index (κ2) is 7.11. The number of H-pyrrole nitrogens is 1. The number of phenolic OH excluding ortho intramolecular Hbond substituents is 1. The third kappa shape index (κ3) is 3.51. The molecule has 2 aromatic heterocycles. The predicted molar refractivity (Wildman–Crippen MR) is 94.5 cm³/mol. The summed E-state index contributed by atoms with van der Waals surface area (Å²) in [5.74, 6) is 0.540. The molecule has 6 nitrogen and oxygen atoms in total. The summed E-state index contributed by atoms with van der Waals surface area (Å²) in [6.45, 7) is 0. The van der Waals surface area contributed by atoms with Crippen LogP contribution in [0.25, 0.3) is 22.4 Å². The van der Waals surface area contributed by atoms with Crippen LogP contribution in [-0.4, -0.2) is 37.8 Å². The Morgan fingerprint density at radius 3 is 2.54 bits per heavy atom. The summed E-state index contributed by atoms with van der Waals surface area (Å²) in [6.07, 6.45) is 5.19. The Labute approximate surface area is 150 Å². The number of benzene rings is 1. The van der Waals surface area contributed by atoms with E-state index in [1.807, 2.05) is 6.07 Å². The fraction of sp³-hybridized carbons (Fsp3) is 0.316. The first-order chi connectivity index (χ1) is 12.7. The Hall–Kier alpha value is -2.96. The molecule has 0 radical (unpaired) electrons. The lowest BCUT2D eigenvalue weighted by Crippen LogP contribution is -2.25. The van der Waals surface area contributed by atoms with Crippen LogP contribution >= 0.6 is 0 Å². The molecule has 0 aliphatic heterocycles.